The molecule has 0 spiro atoms. The van der Waals surface area contributed by atoms with Crippen molar-refractivity contribution in [1.82, 2.24) is 4.90 Å². The molecule has 1 fully saturated rings. The van der Waals surface area contributed by atoms with Crippen LogP contribution in [0.5, 0.6) is 0 Å². The lowest BCUT2D eigenvalue weighted by Gasteiger charge is -2.23. The smallest absolute Gasteiger partial charge is 0.254 e. The Balaban J connectivity index is 1.86. The van der Waals surface area contributed by atoms with Crippen molar-refractivity contribution >= 4 is 27.6 Å². The van der Waals surface area contributed by atoms with Crippen molar-refractivity contribution in [2.75, 3.05) is 6.54 Å². The Labute approximate surface area is 142 Å². The van der Waals surface area contributed by atoms with E-state index in [0.29, 0.717) is 11.1 Å². The van der Waals surface area contributed by atoms with Crippen molar-refractivity contribution in [3.8, 4) is 0 Å². The summed E-state index contributed by atoms with van der Waals surface area (Å²) in [5.74, 6) is -0.365. The Morgan fingerprint density at radius 3 is 2.30 bits per heavy atom. The van der Waals surface area contributed by atoms with Crippen molar-refractivity contribution in [3.05, 3.63) is 70.2 Å². The number of carbonyl (C=O) groups is 2. The molecule has 1 amide bonds. The van der Waals surface area contributed by atoms with Gasteiger partial charge in [-0.15, -0.1) is 0 Å². The number of halogens is 1. The standard InChI is InChI=1S/C18H16BrNO3/c19-14-8-6-12(7-9-14)17(22)16-10-15(21)11-20(16)18(23)13-4-2-1-3-5-13/h1-9,15-16,21H,10-11H2/t15-,16-/m0/s1. The van der Waals surface area contributed by atoms with Crippen molar-refractivity contribution in [2.45, 2.75) is 18.6 Å². The maximum Gasteiger partial charge on any atom is 0.254 e. The van der Waals surface area contributed by atoms with Gasteiger partial charge in [-0.2, -0.15) is 0 Å². The van der Waals surface area contributed by atoms with E-state index in [9.17, 15) is 14.7 Å². The molecule has 2 aromatic carbocycles. The number of amides is 1. The van der Waals surface area contributed by atoms with Gasteiger partial charge >= 0.3 is 0 Å². The zero-order chi connectivity index (χ0) is 16.4. The average Bonchev–Trinajstić information content (AvgIpc) is 2.97. The normalized spacial score (nSPS) is 20.5. The van der Waals surface area contributed by atoms with E-state index in [1.165, 1.54) is 4.90 Å². The quantitative estimate of drug-likeness (QED) is 0.841. The van der Waals surface area contributed by atoms with Gasteiger partial charge in [-0.3, -0.25) is 9.59 Å². The molecule has 0 aromatic heterocycles. The molecule has 4 nitrogen and oxygen atoms in total. The fraction of sp³-hybridized carbons (Fsp3) is 0.222. The number of carbonyl (C=O) groups excluding carboxylic acids is 2. The van der Waals surface area contributed by atoms with Crippen molar-refractivity contribution < 1.29 is 14.7 Å². The summed E-state index contributed by atoms with van der Waals surface area (Å²) in [5.41, 5.74) is 1.06. The number of benzene rings is 2. The summed E-state index contributed by atoms with van der Waals surface area (Å²) in [4.78, 5) is 26.9. The van der Waals surface area contributed by atoms with Crippen LogP contribution < -0.4 is 0 Å². The molecule has 1 saturated heterocycles. The highest BCUT2D eigenvalue weighted by atomic mass is 79.9. The first kappa shape index (κ1) is 15.9. The zero-order valence-electron chi connectivity index (χ0n) is 12.4. The predicted octanol–water partition coefficient (Wildman–Crippen LogP) is 2.91. The molecule has 2 aromatic rings. The van der Waals surface area contributed by atoms with Crippen LogP contribution in [0.15, 0.2) is 59.1 Å². The number of Topliss-reactive ketones (excluding diaryl/α,β-unsaturated/α-hetero) is 1. The molecule has 23 heavy (non-hydrogen) atoms. The van der Waals surface area contributed by atoms with Gasteiger partial charge in [-0.1, -0.05) is 46.3 Å². The fourth-order valence-corrected chi connectivity index (χ4v) is 3.10. The summed E-state index contributed by atoms with van der Waals surface area (Å²) < 4.78 is 0.887. The van der Waals surface area contributed by atoms with Crippen LogP contribution in [0.3, 0.4) is 0 Å². The molecule has 3 rings (SSSR count). The highest BCUT2D eigenvalue weighted by molar-refractivity contribution is 9.10. The van der Waals surface area contributed by atoms with Crippen LogP contribution in [0.25, 0.3) is 0 Å². The third-order valence-corrected chi connectivity index (χ3v) is 4.52. The van der Waals surface area contributed by atoms with Crippen molar-refractivity contribution in [2.24, 2.45) is 0 Å². The van der Waals surface area contributed by atoms with E-state index in [2.05, 4.69) is 15.9 Å². The number of nitrogens with zero attached hydrogens (tertiary/aromatic N) is 1. The molecule has 1 heterocycles. The van der Waals surface area contributed by atoms with Gasteiger partial charge in [0.05, 0.1) is 12.1 Å². The number of likely N-dealkylation sites (tertiary alicyclic amines) is 1. The molecule has 0 saturated carbocycles. The first-order valence-electron chi connectivity index (χ1n) is 7.40. The Hall–Kier alpha value is -1.98. The topological polar surface area (TPSA) is 57.6 Å². The highest BCUT2D eigenvalue weighted by Gasteiger charge is 2.39. The van der Waals surface area contributed by atoms with E-state index >= 15 is 0 Å². The predicted molar refractivity (Wildman–Crippen MR) is 90.4 cm³/mol. The number of aliphatic hydroxyl groups is 1. The number of hydrogen-bond donors (Lipinski definition) is 1. The second-order valence-corrected chi connectivity index (χ2v) is 6.52. The molecule has 0 unspecified atom stereocenters. The van der Waals surface area contributed by atoms with Crippen LogP contribution in [0.4, 0.5) is 0 Å². The van der Waals surface area contributed by atoms with E-state index in [1.807, 2.05) is 6.07 Å². The van der Waals surface area contributed by atoms with Crippen LogP contribution in [0, 0.1) is 0 Å². The number of ketones is 1. The summed E-state index contributed by atoms with van der Waals surface area (Å²) in [6.07, 6.45) is -0.403. The minimum absolute atomic E-state index is 0.140. The van der Waals surface area contributed by atoms with E-state index in [1.54, 1.807) is 48.5 Å². The van der Waals surface area contributed by atoms with E-state index < -0.39 is 12.1 Å². The Morgan fingerprint density at radius 1 is 1.00 bits per heavy atom. The van der Waals surface area contributed by atoms with Crippen LogP contribution >= 0.6 is 15.9 Å². The molecule has 0 bridgehead atoms. The highest BCUT2D eigenvalue weighted by Crippen LogP contribution is 2.24. The van der Waals surface area contributed by atoms with Crippen molar-refractivity contribution in [3.63, 3.8) is 0 Å². The van der Waals surface area contributed by atoms with E-state index in [0.717, 1.165) is 4.47 Å². The molecule has 0 aliphatic carbocycles. The van der Waals surface area contributed by atoms with Gasteiger partial charge in [-0.25, -0.2) is 0 Å². The Bertz CT molecular complexity index is 715. The van der Waals surface area contributed by atoms with Crippen molar-refractivity contribution in [1.29, 1.82) is 0 Å². The largest absolute Gasteiger partial charge is 0.391 e. The number of β-amino-alcohol motifs (C(OH)–C–C–N with tert-alkyl or cyclic N) is 1. The number of rotatable bonds is 3. The molecule has 1 aliphatic heterocycles. The van der Waals surface area contributed by atoms with Gasteiger partial charge in [0.1, 0.15) is 0 Å². The minimum atomic E-state index is -0.674. The molecule has 2 atom stereocenters. The minimum Gasteiger partial charge on any atom is -0.391 e. The monoisotopic (exact) mass is 373 g/mol. The van der Waals surface area contributed by atoms with E-state index in [-0.39, 0.29) is 24.7 Å². The Kier molecular flexibility index (Phi) is 4.59. The SMILES string of the molecule is O=C(c1ccc(Br)cc1)[C@@H]1C[C@H](O)CN1C(=O)c1ccccc1. The van der Waals surface area contributed by atoms with Gasteiger partial charge in [0.15, 0.2) is 5.78 Å². The maximum absolute atomic E-state index is 12.7. The molecular weight excluding hydrogens is 358 g/mol. The summed E-state index contributed by atoms with van der Waals surface area (Å²) in [6, 6.07) is 15.2. The number of hydrogen-bond acceptors (Lipinski definition) is 3. The third kappa shape index (κ3) is 3.35. The van der Waals surface area contributed by atoms with Gasteiger partial charge in [0.25, 0.3) is 5.91 Å². The molecule has 5 heteroatoms. The van der Waals surface area contributed by atoms with Gasteiger partial charge in [0, 0.05) is 28.6 Å². The lowest BCUT2D eigenvalue weighted by molar-refractivity contribution is 0.0662. The summed E-state index contributed by atoms with van der Waals surface area (Å²) in [5, 5.41) is 9.95. The molecule has 1 aliphatic rings. The van der Waals surface area contributed by atoms with E-state index in [4.69, 9.17) is 0 Å². The fourth-order valence-electron chi connectivity index (χ4n) is 2.84. The van der Waals surface area contributed by atoms with Gasteiger partial charge < -0.3 is 10.0 Å². The molecule has 1 N–H and O–H groups in total. The molecule has 0 radical (unpaired) electrons. The number of aliphatic hydroxyl groups excluding tert-OH is 1. The third-order valence-electron chi connectivity index (χ3n) is 3.99. The second kappa shape index (κ2) is 6.64. The summed E-state index contributed by atoms with van der Waals surface area (Å²) in [7, 11) is 0. The van der Waals surface area contributed by atoms with Crippen LogP contribution in [-0.2, 0) is 0 Å². The Morgan fingerprint density at radius 2 is 1.65 bits per heavy atom. The lowest BCUT2D eigenvalue weighted by Crippen LogP contribution is -2.40. The maximum atomic E-state index is 12.7. The van der Waals surface area contributed by atoms with Crippen LogP contribution in [0.2, 0.25) is 0 Å². The lowest BCUT2D eigenvalue weighted by atomic mass is 10.0. The average molecular weight is 374 g/mol. The second-order valence-electron chi connectivity index (χ2n) is 5.60. The zero-order valence-corrected chi connectivity index (χ0v) is 13.9. The van der Waals surface area contributed by atoms with Gasteiger partial charge in [0.2, 0.25) is 0 Å². The molecular formula is C18H16BrNO3. The molecule has 118 valence electrons. The van der Waals surface area contributed by atoms with Crippen LogP contribution in [-0.4, -0.2) is 40.4 Å². The summed E-state index contributed by atoms with van der Waals surface area (Å²) >= 11 is 3.34. The van der Waals surface area contributed by atoms with Gasteiger partial charge in [-0.05, 0) is 24.3 Å². The first-order chi connectivity index (χ1) is 11.1. The first-order valence-corrected chi connectivity index (χ1v) is 8.19. The summed E-state index contributed by atoms with van der Waals surface area (Å²) in [6.45, 7) is 0.181. The van der Waals surface area contributed by atoms with Crippen LogP contribution in [0.1, 0.15) is 27.1 Å².